The first-order valence-corrected chi connectivity index (χ1v) is 8.25. The first kappa shape index (κ1) is 15.0. The zero-order chi connectivity index (χ0) is 16.8. The highest BCUT2D eigenvalue weighted by Gasteiger charge is 2.40. The predicted molar refractivity (Wildman–Crippen MR) is 87.5 cm³/mol. The van der Waals surface area contributed by atoms with Gasteiger partial charge in [-0.05, 0) is 37.8 Å². The molecule has 0 radical (unpaired) electrons. The fourth-order valence-corrected chi connectivity index (χ4v) is 3.31. The molecule has 1 saturated carbocycles. The number of hydrogen-bond acceptors (Lipinski definition) is 4. The number of fused-ring (bicyclic) bond motifs is 1. The molecule has 2 heterocycles. The zero-order valence-electron chi connectivity index (χ0n) is 13.4. The minimum atomic E-state index is -0.439. The van der Waals surface area contributed by atoms with Crippen molar-refractivity contribution in [3.8, 4) is 0 Å². The van der Waals surface area contributed by atoms with Crippen molar-refractivity contribution in [1.82, 2.24) is 9.47 Å². The summed E-state index contributed by atoms with van der Waals surface area (Å²) in [6.07, 6.45) is 3.41. The molecule has 1 aliphatic carbocycles. The molecule has 1 aromatic carbocycles. The molecule has 0 unspecified atom stereocenters. The van der Waals surface area contributed by atoms with Crippen molar-refractivity contribution in [2.24, 2.45) is 13.0 Å². The molecule has 2 fully saturated rings. The molecule has 2 aromatic rings. The van der Waals surface area contributed by atoms with E-state index in [2.05, 4.69) is 5.32 Å². The van der Waals surface area contributed by atoms with Crippen LogP contribution in [-0.2, 0) is 16.6 Å². The fraction of sp³-hybridized carbons (Fsp3) is 0.471. The van der Waals surface area contributed by atoms with Crippen molar-refractivity contribution in [3.05, 3.63) is 28.7 Å². The maximum Gasteiger partial charge on any atom is 0.419 e. The molecule has 1 saturated heterocycles. The second-order valence-corrected chi connectivity index (χ2v) is 6.56. The topological polar surface area (TPSA) is 84.6 Å². The summed E-state index contributed by atoms with van der Waals surface area (Å²) in [5.41, 5.74) is 1.66. The Kier molecular flexibility index (Phi) is 3.44. The van der Waals surface area contributed by atoms with Gasteiger partial charge in [0.2, 0.25) is 11.8 Å². The third-order valence-corrected chi connectivity index (χ3v) is 4.82. The Bertz CT molecular complexity index is 878. The number of rotatable bonds is 3. The van der Waals surface area contributed by atoms with Gasteiger partial charge < -0.3 is 14.6 Å². The number of nitrogens with zero attached hydrogens (tertiary/aromatic N) is 2. The minimum Gasteiger partial charge on any atom is -0.408 e. The van der Waals surface area contributed by atoms with Gasteiger partial charge in [-0.25, -0.2) is 4.79 Å². The largest absolute Gasteiger partial charge is 0.419 e. The van der Waals surface area contributed by atoms with Gasteiger partial charge in [0.15, 0.2) is 5.58 Å². The zero-order valence-corrected chi connectivity index (χ0v) is 13.4. The van der Waals surface area contributed by atoms with Crippen LogP contribution in [0.5, 0.6) is 0 Å². The van der Waals surface area contributed by atoms with E-state index < -0.39 is 11.8 Å². The van der Waals surface area contributed by atoms with Gasteiger partial charge in [0, 0.05) is 31.3 Å². The third kappa shape index (κ3) is 2.50. The Balaban J connectivity index is 1.52. The van der Waals surface area contributed by atoms with Crippen LogP contribution in [0.4, 0.5) is 5.69 Å². The van der Waals surface area contributed by atoms with Crippen molar-refractivity contribution >= 4 is 28.6 Å². The van der Waals surface area contributed by atoms with E-state index in [0.29, 0.717) is 29.8 Å². The van der Waals surface area contributed by atoms with Gasteiger partial charge in [-0.2, -0.15) is 0 Å². The van der Waals surface area contributed by atoms with E-state index in [0.717, 1.165) is 19.3 Å². The third-order valence-electron chi connectivity index (χ3n) is 4.82. The summed E-state index contributed by atoms with van der Waals surface area (Å²) < 4.78 is 6.55. The van der Waals surface area contributed by atoms with Crippen LogP contribution in [0, 0.1) is 5.92 Å². The lowest BCUT2D eigenvalue weighted by Gasteiger charge is -2.24. The number of amides is 2. The number of anilines is 1. The first-order chi connectivity index (χ1) is 11.5. The lowest BCUT2D eigenvalue weighted by atomic mass is 10.2. The van der Waals surface area contributed by atoms with Crippen LogP contribution in [0.3, 0.4) is 0 Å². The normalized spacial score (nSPS) is 20.5. The molecule has 0 bridgehead atoms. The molecule has 7 nitrogen and oxygen atoms in total. The summed E-state index contributed by atoms with van der Waals surface area (Å²) in [4.78, 5) is 38.1. The molecule has 1 N–H and O–H groups in total. The van der Waals surface area contributed by atoms with Crippen LogP contribution in [0.2, 0.25) is 0 Å². The Hall–Kier alpha value is -2.57. The Morgan fingerprint density at radius 3 is 2.79 bits per heavy atom. The SMILES string of the molecule is Cn1c(=O)oc2cc(NC(=O)[C@H]3CCCN3C(=O)C3CC3)ccc21. The summed E-state index contributed by atoms with van der Waals surface area (Å²) >= 11 is 0. The van der Waals surface area contributed by atoms with E-state index in [1.54, 1.807) is 30.1 Å². The van der Waals surface area contributed by atoms with Crippen LogP contribution in [-0.4, -0.2) is 33.9 Å². The van der Waals surface area contributed by atoms with Gasteiger partial charge in [-0.15, -0.1) is 0 Å². The van der Waals surface area contributed by atoms with Crippen molar-refractivity contribution in [3.63, 3.8) is 0 Å². The van der Waals surface area contributed by atoms with Gasteiger partial charge in [0.1, 0.15) is 6.04 Å². The highest BCUT2D eigenvalue weighted by atomic mass is 16.4. The van der Waals surface area contributed by atoms with Crippen molar-refractivity contribution in [2.75, 3.05) is 11.9 Å². The minimum absolute atomic E-state index is 0.108. The van der Waals surface area contributed by atoms with Crippen LogP contribution >= 0.6 is 0 Å². The predicted octanol–water partition coefficient (Wildman–Crippen LogP) is 1.47. The molecule has 1 aliphatic heterocycles. The van der Waals surface area contributed by atoms with E-state index in [1.807, 2.05) is 0 Å². The van der Waals surface area contributed by atoms with Crippen LogP contribution < -0.4 is 11.1 Å². The number of likely N-dealkylation sites (tertiary alicyclic amines) is 1. The number of aromatic nitrogens is 1. The Morgan fingerprint density at radius 1 is 1.25 bits per heavy atom. The molecule has 2 amide bonds. The summed E-state index contributed by atoms with van der Waals surface area (Å²) in [6.45, 7) is 0.653. The van der Waals surface area contributed by atoms with E-state index in [9.17, 15) is 14.4 Å². The van der Waals surface area contributed by atoms with Gasteiger partial charge in [-0.3, -0.25) is 14.2 Å². The first-order valence-electron chi connectivity index (χ1n) is 8.25. The van der Waals surface area contributed by atoms with Crippen LogP contribution in [0.25, 0.3) is 11.1 Å². The smallest absolute Gasteiger partial charge is 0.408 e. The molecule has 24 heavy (non-hydrogen) atoms. The van der Waals surface area contributed by atoms with Crippen LogP contribution in [0.15, 0.2) is 27.4 Å². The summed E-state index contributed by atoms with van der Waals surface area (Å²) in [7, 11) is 1.63. The Morgan fingerprint density at radius 2 is 2.04 bits per heavy atom. The lowest BCUT2D eigenvalue weighted by molar-refractivity contribution is -0.137. The molecule has 4 rings (SSSR count). The summed E-state index contributed by atoms with van der Waals surface area (Å²) in [5.74, 6) is -0.393. The van der Waals surface area contributed by atoms with Crippen molar-refractivity contribution in [2.45, 2.75) is 31.7 Å². The van der Waals surface area contributed by atoms with Crippen molar-refractivity contribution in [1.29, 1.82) is 0 Å². The molecule has 126 valence electrons. The molecule has 1 atom stereocenters. The lowest BCUT2D eigenvalue weighted by Crippen LogP contribution is -2.43. The van der Waals surface area contributed by atoms with Gasteiger partial charge >= 0.3 is 5.76 Å². The monoisotopic (exact) mass is 329 g/mol. The van der Waals surface area contributed by atoms with Crippen LogP contribution in [0.1, 0.15) is 25.7 Å². The molecular weight excluding hydrogens is 310 g/mol. The number of hydrogen-bond donors (Lipinski definition) is 1. The van der Waals surface area contributed by atoms with E-state index in [1.165, 1.54) is 4.57 Å². The number of nitrogens with one attached hydrogen (secondary N) is 1. The molecule has 1 aromatic heterocycles. The van der Waals surface area contributed by atoms with Gasteiger partial charge in [0.05, 0.1) is 5.52 Å². The average Bonchev–Trinajstić information content (AvgIpc) is 3.22. The van der Waals surface area contributed by atoms with E-state index >= 15 is 0 Å². The highest BCUT2D eigenvalue weighted by molar-refractivity contribution is 5.99. The van der Waals surface area contributed by atoms with E-state index in [-0.39, 0.29) is 17.7 Å². The summed E-state index contributed by atoms with van der Waals surface area (Å²) in [5, 5.41) is 2.84. The number of aryl methyl sites for hydroxylation is 1. The molecule has 0 spiro atoms. The second kappa shape index (κ2) is 5.51. The number of oxazole rings is 1. The van der Waals surface area contributed by atoms with Gasteiger partial charge in [-0.1, -0.05) is 0 Å². The number of benzene rings is 1. The molecule has 7 heteroatoms. The van der Waals surface area contributed by atoms with E-state index in [4.69, 9.17) is 4.42 Å². The maximum absolute atomic E-state index is 12.6. The fourth-order valence-electron chi connectivity index (χ4n) is 3.31. The average molecular weight is 329 g/mol. The van der Waals surface area contributed by atoms with Gasteiger partial charge in [0.25, 0.3) is 0 Å². The number of carbonyl (C=O) groups excluding carboxylic acids is 2. The Labute approximate surface area is 138 Å². The number of carbonyl (C=O) groups is 2. The quantitative estimate of drug-likeness (QED) is 0.924. The van der Waals surface area contributed by atoms with Crippen molar-refractivity contribution < 1.29 is 14.0 Å². The maximum atomic E-state index is 12.6. The molecule has 2 aliphatic rings. The second-order valence-electron chi connectivity index (χ2n) is 6.56. The molecular formula is C17H19N3O4. The summed E-state index contributed by atoms with van der Waals surface area (Å²) in [6, 6.07) is 4.70. The standard InChI is InChI=1S/C17H19N3O4/c1-19-12-7-6-11(9-14(12)24-17(19)23)18-15(21)13-3-2-8-20(13)16(22)10-4-5-10/h6-7,9-10,13H,2-5,8H2,1H3,(H,18,21)/t13-/m1/s1. The highest BCUT2D eigenvalue weighted by Crippen LogP contribution is 2.34.